The predicted molar refractivity (Wildman–Crippen MR) is 182 cm³/mol. The smallest absolute Gasteiger partial charge is 0.407 e. The van der Waals surface area contributed by atoms with Gasteiger partial charge in [-0.3, -0.25) is 4.40 Å². The van der Waals surface area contributed by atoms with Gasteiger partial charge in [-0.1, -0.05) is 86.7 Å². The number of nitrogens with one attached hydrogen (secondary N) is 2. The highest BCUT2D eigenvalue weighted by molar-refractivity contribution is 6.02. The van der Waals surface area contributed by atoms with Crippen molar-refractivity contribution < 1.29 is 9.53 Å². The number of hydrogen-bond acceptors (Lipinski definition) is 6. The molecular weight excluding hydrogens is 574 g/mol. The molecule has 3 heterocycles. The lowest BCUT2D eigenvalue weighted by Gasteiger charge is -2.23. The zero-order chi connectivity index (χ0) is 31.8. The zero-order valence-electron chi connectivity index (χ0n) is 26.2. The maximum Gasteiger partial charge on any atom is 0.407 e. The number of amides is 1. The highest BCUT2D eigenvalue weighted by atomic mass is 16.6. The number of H-pyrrole nitrogens is 1. The van der Waals surface area contributed by atoms with Crippen molar-refractivity contribution in [3.05, 3.63) is 108 Å². The fourth-order valence-corrected chi connectivity index (χ4v) is 6.45. The Morgan fingerprint density at radius 1 is 1.04 bits per heavy atom. The van der Waals surface area contributed by atoms with Crippen LogP contribution >= 0.6 is 0 Å². The summed E-state index contributed by atoms with van der Waals surface area (Å²) < 4.78 is 7.69. The molecule has 0 saturated heterocycles. The highest BCUT2D eigenvalue weighted by Crippen LogP contribution is 2.39. The van der Waals surface area contributed by atoms with Gasteiger partial charge in [-0.25, -0.2) is 19.7 Å². The lowest BCUT2D eigenvalue weighted by Crippen LogP contribution is -2.27. The highest BCUT2D eigenvalue weighted by Gasteiger charge is 2.26. The second-order valence-electron chi connectivity index (χ2n) is 12.1. The monoisotopic (exact) mass is 611 g/mol. The number of nitrogens with two attached hydrogens (primary N) is 1. The average molecular weight is 612 g/mol. The van der Waals surface area contributed by atoms with Crippen LogP contribution in [0.1, 0.15) is 61.9 Å². The summed E-state index contributed by atoms with van der Waals surface area (Å²) in [4.78, 5) is 29.9. The first-order chi connectivity index (χ1) is 22.4. The summed E-state index contributed by atoms with van der Waals surface area (Å²) >= 11 is 0. The van der Waals surface area contributed by atoms with E-state index in [1.165, 1.54) is 5.56 Å². The van der Waals surface area contributed by atoms with Gasteiger partial charge in [-0.15, -0.1) is 0 Å². The zero-order valence-corrected chi connectivity index (χ0v) is 26.2. The minimum absolute atomic E-state index is 0.138. The van der Waals surface area contributed by atoms with Crippen molar-refractivity contribution in [3.63, 3.8) is 0 Å². The van der Waals surface area contributed by atoms with Crippen molar-refractivity contribution >= 4 is 33.8 Å². The summed E-state index contributed by atoms with van der Waals surface area (Å²) in [7, 11) is 1.57. The third-order valence-corrected chi connectivity index (χ3v) is 8.74. The number of rotatable bonds is 7. The molecule has 1 amide bonds. The lowest BCUT2D eigenvalue weighted by atomic mass is 9.94. The van der Waals surface area contributed by atoms with Crippen LogP contribution in [0.2, 0.25) is 0 Å². The molecule has 3 aromatic heterocycles. The van der Waals surface area contributed by atoms with Crippen molar-refractivity contribution in [2.24, 2.45) is 0 Å². The molecule has 46 heavy (non-hydrogen) atoms. The molecule has 6 aromatic rings. The predicted octanol–water partition coefficient (Wildman–Crippen LogP) is 7.53. The fraction of sp³-hybridized carbons (Fsp3) is 0.243. The fourth-order valence-electron chi connectivity index (χ4n) is 6.45. The molecule has 9 heteroatoms. The standard InChI is InChI=1S/C37H37N7O2/c1-22(2)36-43-33(34-35(38)41-21-31(44(34)36)24-13-16-26(17-14-24)46-37(45)39-3)29-18-15-25(27-11-7-8-12-28(27)29)19-32-40-20-30(42-32)23-9-5-4-6-10-23/h4-13,15,18,20-22,26H,14,16-17,19H2,1-3H3,(H2,38,41)(H,39,45)(H,40,42). The van der Waals surface area contributed by atoms with Gasteiger partial charge in [-0.05, 0) is 40.3 Å². The number of alkyl carbamates (subject to hydrolysis) is 1. The number of anilines is 1. The van der Waals surface area contributed by atoms with Crippen LogP contribution in [-0.4, -0.2) is 43.6 Å². The molecule has 0 radical (unpaired) electrons. The second-order valence-corrected chi connectivity index (χ2v) is 12.1. The summed E-state index contributed by atoms with van der Waals surface area (Å²) in [5, 5.41) is 4.78. The van der Waals surface area contributed by atoms with Crippen molar-refractivity contribution in [2.45, 2.75) is 51.6 Å². The van der Waals surface area contributed by atoms with Crippen LogP contribution in [0.15, 0.2) is 85.2 Å². The molecule has 9 nitrogen and oxygen atoms in total. The molecule has 1 unspecified atom stereocenters. The quantitative estimate of drug-likeness (QED) is 0.172. The maximum absolute atomic E-state index is 11.8. The molecule has 3 aromatic carbocycles. The Labute approximate surface area is 267 Å². The molecule has 0 bridgehead atoms. The largest absolute Gasteiger partial charge is 0.446 e. The second kappa shape index (κ2) is 12.2. The normalized spacial score (nSPS) is 15.0. The van der Waals surface area contributed by atoms with E-state index in [0.29, 0.717) is 18.7 Å². The summed E-state index contributed by atoms with van der Waals surface area (Å²) in [6, 6.07) is 23.0. The van der Waals surface area contributed by atoms with E-state index in [9.17, 15) is 4.79 Å². The number of nitrogens with zero attached hydrogens (tertiary/aromatic N) is 4. The first-order valence-electron chi connectivity index (χ1n) is 15.8. The van der Waals surface area contributed by atoms with Crippen LogP contribution in [0.3, 0.4) is 0 Å². The van der Waals surface area contributed by atoms with Crippen LogP contribution < -0.4 is 11.1 Å². The van der Waals surface area contributed by atoms with Gasteiger partial charge in [-0.2, -0.15) is 0 Å². The number of allylic oxidation sites excluding steroid dienone is 1. The first kappa shape index (κ1) is 29.3. The van der Waals surface area contributed by atoms with Crippen LogP contribution in [-0.2, 0) is 11.2 Å². The molecule has 0 fully saturated rings. The number of benzene rings is 3. The Morgan fingerprint density at radius 2 is 1.83 bits per heavy atom. The van der Waals surface area contributed by atoms with E-state index in [1.54, 1.807) is 7.05 Å². The third kappa shape index (κ3) is 5.38. The van der Waals surface area contributed by atoms with E-state index in [-0.39, 0.29) is 12.0 Å². The van der Waals surface area contributed by atoms with Crippen molar-refractivity contribution in [1.82, 2.24) is 29.7 Å². The van der Waals surface area contributed by atoms with Crippen LogP contribution in [0.5, 0.6) is 0 Å². The molecule has 1 atom stereocenters. The SMILES string of the molecule is CNC(=O)OC1CC=C(c2cnc(N)c3c(-c4ccc(Cc5ncc(-c6ccccc6)[nH]5)c5ccccc45)nc(C(C)C)n23)CC1. The molecule has 1 aliphatic carbocycles. The van der Waals surface area contributed by atoms with Gasteiger partial charge in [0.1, 0.15) is 34.8 Å². The van der Waals surface area contributed by atoms with Gasteiger partial charge >= 0.3 is 6.09 Å². The lowest BCUT2D eigenvalue weighted by molar-refractivity contribution is 0.0948. The van der Waals surface area contributed by atoms with Gasteiger partial charge in [0.15, 0.2) is 0 Å². The Morgan fingerprint density at radius 3 is 2.57 bits per heavy atom. The van der Waals surface area contributed by atoms with E-state index in [4.69, 9.17) is 20.4 Å². The number of aromatic amines is 1. The minimum atomic E-state index is -0.404. The van der Waals surface area contributed by atoms with Crippen LogP contribution in [0.4, 0.5) is 10.6 Å². The first-order valence-corrected chi connectivity index (χ1v) is 15.8. The molecule has 0 spiro atoms. The number of imidazole rings is 2. The third-order valence-electron chi connectivity index (χ3n) is 8.74. The van der Waals surface area contributed by atoms with E-state index >= 15 is 0 Å². The molecule has 0 aliphatic heterocycles. The van der Waals surface area contributed by atoms with Gasteiger partial charge in [0.05, 0.1) is 23.8 Å². The number of carbonyl (C=O) groups is 1. The summed E-state index contributed by atoms with van der Waals surface area (Å²) in [5.74, 6) is 2.41. The molecule has 232 valence electrons. The average Bonchev–Trinajstić information content (AvgIpc) is 3.72. The van der Waals surface area contributed by atoms with Crippen molar-refractivity contribution in [1.29, 1.82) is 0 Å². The maximum atomic E-state index is 11.8. The minimum Gasteiger partial charge on any atom is -0.446 e. The van der Waals surface area contributed by atoms with E-state index < -0.39 is 6.09 Å². The van der Waals surface area contributed by atoms with E-state index in [2.05, 4.69) is 88.1 Å². The Bertz CT molecular complexity index is 2090. The molecule has 1 aliphatic rings. The van der Waals surface area contributed by atoms with Crippen LogP contribution in [0, 0.1) is 0 Å². The molecular formula is C37H37N7O2. The Kier molecular flexibility index (Phi) is 7.74. The molecule has 0 saturated carbocycles. The Hall–Kier alpha value is -5.44. The van der Waals surface area contributed by atoms with E-state index in [0.717, 1.165) is 74.6 Å². The van der Waals surface area contributed by atoms with Gasteiger partial charge in [0.25, 0.3) is 0 Å². The van der Waals surface area contributed by atoms with Crippen molar-refractivity contribution in [3.8, 4) is 22.5 Å². The Balaban J connectivity index is 1.30. The van der Waals surface area contributed by atoms with Gasteiger partial charge in [0, 0.05) is 31.4 Å². The molecule has 7 rings (SSSR count). The summed E-state index contributed by atoms with van der Waals surface area (Å²) in [6.45, 7) is 4.30. The van der Waals surface area contributed by atoms with Gasteiger partial charge in [0.2, 0.25) is 0 Å². The number of fused-ring (bicyclic) bond motifs is 2. The number of ether oxygens (including phenoxy) is 1. The van der Waals surface area contributed by atoms with Crippen LogP contribution in [0.25, 0.3) is 44.4 Å². The van der Waals surface area contributed by atoms with E-state index in [1.807, 2.05) is 30.6 Å². The topological polar surface area (TPSA) is 123 Å². The summed E-state index contributed by atoms with van der Waals surface area (Å²) in [5.41, 5.74) is 14.7. The summed E-state index contributed by atoms with van der Waals surface area (Å²) in [6.07, 6.45) is 8.13. The number of carbonyl (C=O) groups excluding carboxylic acids is 1. The number of aromatic nitrogens is 5. The number of nitrogen functional groups attached to an aromatic ring is 1. The molecule has 4 N–H and O–H groups in total. The number of hydrogen-bond donors (Lipinski definition) is 3. The van der Waals surface area contributed by atoms with Crippen molar-refractivity contribution in [2.75, 3.05) is 12.8 Å². The van der Waals surface area contributed by atoms with Gasteiger partial charge < -0.3 is 20.8 Å².